The number of aromatic nitrogens is 1. The van der Waals surface area contributed by atoms with E-state index in [0.29, 0.717) is 16.9 Å². The zero-order valence-electron chi connectivity index (χ0n) is 11.5. The van der Waals surface area contributed by atoms with Gasteiger partial charge in [-0.2, -0.15) is 11.8 Å². The fourth-order valence-corrected chi connectivity index (χ4v) is 2.65. The Balaban J connectivity index is 2.35. The van der Waals surface area contributed by atoms with Crippen LogP contribution < -0.4 is 5.32 Å². The predicted molar refractivity (Wildman–Crippen MR) is 84.5 cm³/mol. The molecule has 0 bridgehead atoms. The van der Waals surface area contributed by atoms with Gasteiger partial charge in [0, 0.05) is 18.3 Å². The van der Waals surface area contributed by atoms with E-state index in [0.717, 1.165) is 17.9 Å². The number of hydrogen-bond acceptors (Lipinski definition) is 5. The number of thioether (sulfide) groups is 1. The lowest BCUT2D eigenvalue weighted by atomic mass is 10.1. The molecular weight excluding hydrogens is 274 g/mol. The Bertz CT molecular complexity index is 618. The zero-order chi connectivity index (χ0) is 14.5. The minimum atomic E-state index is -0.370. The first kappa shape index (κ1) is 14.6. The van der Waals surface area contributed by atoms with Crippen LogP contribution in [0.2, 0.25) is 0 Å². The maximum absolute atomic E-state index is 11.0. The van der Waals surface area contributed by atoms with E-state index < -0.39 is 0 Å². The maximum atomic E-state index is 11.0. The number of fused-ring (bicyclic) bond motifs is 1. The maximum Gasteiger partial charge on any atom is 0.278 e. The molecule has 0 saturated carbocycles. The van der Waals surface area contributed by atoms with Crippen LogP contribution in [0.25, 0.3) is 10.9 Å². The summed E-state index contributed by atoms with van der Waals surface area (Å²) in [4.78, 5) is 15.0. The predicted octanol–water partition coefficient (Wildman–Crippen LogP) is 3.70. The summed E-state index contributed by atoms with van der Waals surface area (Å²) in [5, 5.41) is 15.0. The normalized spacial score (nSPS) is 12.3. The van der Waals surface area contributed by atoms with E-state index in [9.17, 15) is 10.1 Å². The lowest BCUT2D eigenvalue weighted by molar-refractivity contribution is -0.383. The van der Waals surface area contributed by atoms with E-state index in [1.165, 1.54) is 6.07 Å². The second-order valence-corrected chi connectivity index (χ2v) is 5.60. The van der Waals surface area contributed by atoms with Gasteiger partial charge < -0.3 is 5.32 Å². The number of nitro groups is 1. The summed E-state index contributed by atoms with van der Waals surface area (Å²) in [6, 6.07) is 7.03. The zero-order valence-corrected chi connectivity index (χ0v) is 12.3. The van der Waals surface area contributed by atoms with Gasteiger partial charge in [-0.3, -0.25) is 15.1 Å². The SMILES string of the molecule is CSCCC(C)Nc1ccc([N+](=O)[O-])c2cccnc12. The molecule has 0 fully saturated rings. The Hall–Kier alpha value is -1.82. The van der Waals surface area contributed by atoms with Crippen molar-refractivity contribution in [3.8, 4) is 0 Å². The van der Waals surface area contributed by atoms with Crippen molar-refractivity contribution in [1.82, 2.24) is 4.98 Å². The highest BCUT2D eigenvalue weighted by Crippen LogP contribution is 2.30. The summed E-state index contributed by atoms with van der Waals surface area (Å²) in [6.07, 6.45) is 4.77. The Morgan fingerprint density at radius 1 is 1.45 bits per heavy atom. The van der Waals surface area contributed by atoms with Crippen molar-refractivity contribution in [3.05, 3.63) is 40.6 Å². The molecule has 6 heteroatoms. The van der Waals surface area contributed by atoms with Crippen molar-refractivity contribution < 1.29 is 4.92 Å². The number of anilines is 1. The minimum Gasteiger partial charge on any atom is -0.381 e. The fraction of sp³-hybridized carbons (Fsp3) is 0.357. The quantitative estimate of drug-likeness (QED) is 0.649. The summed E-state index contributed by atoms with van der Waals surface area (Å²) in [5.41, 5.74) is 1.59. The number of non-ortho nitro benzene ring substituents is 1. The number of nitrogens with zero attached hydrogens (tertiary/aromatic N) is 2. The molecule has 0 aliphatic rings. The molecule has 2 rings (SSSR count). The molecule has 0 aliphatic carbocycles. The van der Waals surface area contributed by atoms with E-state index in [4.69, 9.17) is 0 Å². The van der Waals surface area contributed by atoms with E-state index in [1.807, 2.05) is 0 Å². The highest BCUT2D eigenvalue weighted by Gasteiger charge is 2.15. The van der Waals surface area contributed by atoms with Gasteiger partial charge in [0.2, 0.25) is 0 Å². The Labute approximate surface area is 121 Å². The van der Waals surface area contributed by atoms with Crippen molar-refractivity contribution in [1.29, 1.82) is 0 Å². The largest absolute Gasteiger partial charge is 0.381 e. The van der Waals surface area contributed by atoms with Crippen LogP contribution in [0.1, 0.15) is 13.3 Å². The standard InChI is InChI=1S/C14H17N3O2S/c1-10(7-9-20-2)16-12-5-6-13(17(18)19)11-4-3-8-15-14(11)12/h3-6,8,10,16H,7,9H2,1-2H3. The summed E-state index contributed by atoms with van der Waals surface area (Å²) < 4.78 is 0. The third-order valence-electron chi connectivity index (χ3n) is 3.10. The van der Waals surface area contributed by atoms with Gasteiger partial charge in [-0.1, -0.05) is 0 Å². The highest BCUT2D eigenvalue weighted by atomic mass is 32.2. The van der Waals surface area contributed by atoms with Gasteiger partial charge in [0.15, 0.2) is 0 Å². The van der Waals surface area contributed by atoms with Gasteiger partial charge >= 0.3 is 0 Å². The van der Waals surface area contributed by atoms with Crippen LogP contribution in [-0.2, 0) is 0 Å². The molecule has 1 unspecified atom stereocenters. The molecule has 2 aromatic rings. The van der Waals surface area contributed by atoms with Gasteiger partial charge in [0.25, 0.3) is 5.69 Å². The summed E-state index contributed by atoms with van der Waals surface area (Å²) >= 11 is 1.81. The monoisotopic (exact) mass is 291 g/mol. The number of nitrogens with one attached hydrogen (secondary N) is 1. The average Bonchev–Trinajstić information content (AvgIpc) is 2.45. The van der Waals surface area contributed by atoms with Gasteiger partial charge in [-0.15, -0.1) is 0 Å². The average molecular weight is 291 g/mol. The van der Waals surface area contributed by atoms with Crippen molar-refractivity contribution >= 4 is 34.0 Å². The van der Waals surface area contributed by atoms with Crippen molar-refractivity contribution in [2.45, 2.75) is 19.4 Å². The molecule has 20 heavy (non-hydrogen) atoms. The van der Waals surface area contributed by atoms with Crippen LogP contribution in [0.5, 0.6) is 0 Å². The van der Waals surface area contributed by atoms with Crippen LogP contribution in [-0.4, -0.2) is 28.0 Å². The third kappa shape index (κ3) is 3.19. The van der Waals surface area contributed by atoms with Crippen molar-refractivity contribution in [2.75, 3.05) is 17.3 Å². The van der Waals surface area contributed by atoms with Gasteiger partial charge in [0.1, 0.15) is 5.52 Å². The van der Waals surface area contributed by atoms with E-state index >= 15 is 0 Å². The van der Waals surface area contributed by atoms with E-state index in [1.54, 1.807) is 36.2 Å². The van der Waals surface area contributed by atoms with Gasteiger partial charge in [0.05, 0.1) is 16.0 Å². The molecule has 1 N–H and O–H groups in total. The molecule has 1 heterocycles. The summed E-state index contributed by atoms with van der Waals surface area (Å²) in [7, 11) is 0. The van der Waals surface area contributed by atoms with Crippen molar-refractivity contribution in [3.63, 3.8) is 0 Å². The second-order valence-electron chi connectivity index (χ2n) is 4.62. The Morgan fingerprint density at radius 2 is 2.25 bits per heavy atom. The third-order valence-corrected chi connectivity index (χ3v) is 3.74. The van der Waals surface area contributed by atoms with Gasteiger partial charge in [-0.05, 0) is 43.6 Å². The molecule has 5 nitrogen and oxygen atoms in total. The first-order valence-electron chi connectivity index (χ1n) is 6.41. The minimum absolute atomic E-state index is 0.0930. The number of nitro benzene ring substituents is 1. The lowest BCUT2D eigenvalue weighted by Gasteiger charge is -2.16. The molecule has 0 amide bonds. The smallest absolute Gasteiger partial charge is 0.278 e. The molecule has 1 aromatic heterocycles. The summed E-state index contributed by atoms with van der Waals surface area (Å²) in [5.74, 6) is 1.08. The first-order valence-corrected chi connectivity index (χ1v) is 7.80. The van der Waals surface area contributed by atoms with Crippen LogP contribution in [0.3, 0.4) is 0 Å². The fourth-order valence-electron chi connectivity index (χ4n) is 2.07. The molecule has 106 valence electrons. The second kappa shape index (κ2) is 6.56. The number of rotatable bonds is 6. The molecule has 0 spiro atoms. The Morgan fingerprint density at radius 3 is 2.95 bits per heavy atom. The molecule has 0 aliphatic heterocycles. The van der Waals surface area contributed by atoms with Crippen LogP contribution >= 0.6 is 11.8 Å². The topological polar surface area (TPSA) is 68.1 Å². The summed E-state index contributed by atoms with van der Waals surface area (Å²) in [6.45, 7) is 2.10. The van der Waals surface area contributed by atoms with Crippen LogP contribution in [0, 0.1) is 10.1 Å². The first-order chi connectivity index (χ1) is 9.63. The molecular formula is C14H17N3O2S. The van der Waals surface area contributed by atoms with Crippen LogP contribution in [0.4, 0.5) is 11.4 Å². The number of benzene rings is 1. The lowest BCUT2D eigenvalue weighted by Crippen LogP contribution is -2.16. The van der Waals surface area contributed by atoms with E-state index in [2.05, 4.69) is 23.5 Å². The Kier molecular flexibility index (Phi) is 4.79. The number of pyridine rings is 1. The molecule has 1 atom stereocenters. The van der Waals surface area contributed by atoms with E-state index in [-0.39, 0.29) is 10.6 Å². The number of hydrogen-bond donors (Lipinski definition) is 1. The highest BCUT2D eigenvalue weighted by molar-refractivity contribution is 7.98. The molecule has 1 aromatic carbocycles. The van der Waals surface area contributed by atoms with Crippen molar-refractivity contribution in [2.24, 2.45) is 0 Å². The molecule has 0 saturated heterocycles. The molecule has 0 radical (unpaired) electrons. The van der Waals surface area contributed by atoms with Gasteiger partial charge in [-0.25, -0.2) is 0 Å². The van der Waals surface area contributed by atoms with Crippen LogP contribution in [0.15, 0.2) is 30.5 Å².